The van der Waals surface area contributed by atoms with Gasteiger partial charge in [-0.1, -0.05) is 35.4 Å². The van der Waals surface area contributed by atoms with Gasteiger partial charge in [-0.25, -0.2) is 13.4 Å². The first-order valence-corrected chi connectivity index (χ1v) is 11.9. The fraction of sp³-hybridized carbons (Fsp3) is 0.250. The molecule has 0 aliphatic carbocycles. The number of benzene rings is 2. The van der Waals surface area contributed by atoms with Crippen LogP contribution in [0.15, 0.2) is 71.8 Å². The Kier molecular flexibility index (Phi) is 6.25. The van der Waals surface area contributed by atoms with E-state index in [1.54, 1.807) is 30.5 Å². The third-order valence-corrected chi connectivity index (χ3v) is 7.45. The monoisotopic (exact) mass is 450 g/mol. The largest absolute Gasteiger partial charge is 0.354 e. The van der Waals surface area contributed by atoms with Crippen LogP contribution in [0.5, 0.6) is 0 Å². The summed E-state index contributed by atoms with van der Waals surface area (Å²) in [4.78, 5) is 19.2. The number of nitrogens with zero attached hydrogens (tertiary/aromatic N) is 3. The molecule has 1 fully saturated rings. The number of nitrogens with one attached hydrogen (secondary N) is 1. The summed E-state index contributed by atoms with van der Waals surface area (Å²) in [5, 5.41) is 2.85. The number of sulfonamides is 1. The average molecular weight is 451 g/mol. The minimum Gasteiger partial charge on any atom is -0.354 e. The van der Waals surface area contributed by atoms with Gasteiger partial charge >= 0.3 is 0 Å². The predicted molar refractivity (Wildman–Crippen MR) is 126 cm³/mol. The van der Waals surface area contributed by atoms with Gasteiger partial charge in [0.1, 0.15) is 5.82 Å². The van der Waals surface area contributed by atoms with Gasteiger partial charge in [0.15, 0.2) is 0 Å². The van der Waals surface area contributed by atoms with Gasteiger partial charge in [-0.3, -0.25) is 4.79 Å². The SMILES string of the molecule is Cc1ccc(C(=O)Nc2ccc(N3CCN(S(=O)(=O)c4ccc(C)cc4)CC3)nc2)cc1. The van der Waals surface area contributed by atoms with E-state index in [0.29, 0.717) is 42.3 Å². The molecule has 3 aromatic rings. The second-order valence-electron chi connectivity index (χ2n) is 7.93. The molecule has 0 atom stereocenters. The zero-order valence-corrected chi connectivity index (χ0v) is 19.0. The van der Waals surface area contributed by atoms with Crippen LogP contribution >= 0.6 is 0 Å². The molecule has 0 bridgehead atoms. The number of carbonyl (C=O) groups excluding carboxylic acids is 1. The maximum Gasteiger partial charge on any atom is 0.255 e. The Bertz CT molecular complexity index is 1180. The molecule has 1 aliphatic heterocycles. The summed E-state index contributed by atoms with van der Waals surface area (Å²) in [5.41, 5.74) is 3.32. The van der Waals surface area contributed by atoms with E-state index in [9.17, 15) is 13.2 Å². The molecule has 1 aromatic heterocycles. The highest BCUT2D eigenvalue weighted by atomic mass is 32.2. The summed E-state index contributed by atoms with van der Waals surface area (Å²) in [6, 6.07) is 18.0. The Balaban J connectivity index is 1.36. The predicted octanol–water partition coefficient (Wildman–Crippen LogP) is 3.46. The minimum absolute atomic E-state index is 0.186. The molecule has 32 heavy (non-hydrogen) atoms. The highest BCUT2D eigenvalue weighted by Gasteiger charge is 2.28. The lowest BCUT2D eigenvalue weighted by molar-refractivity contribution is 0.102. The summed E-state index contributed by atoms with van der Waals surface area (Å²) in [7, 11) is -3.49. The van der Waals surface area contributed by atoms with E-state index in [1.807, 2.05) is 55.1 Å². The van der Waals surface area contributed by atoms with E-state index < -0.39 is 10.0 Å². The second-order valence-corrected chi connectivity index (χ2v) is 9.87. The lowest BCUT2D eigenvalue weighted by atomic mass is 10.1. The molecule has 0 saturated carbocycles. The van der Waals surface area contributed by atoms with Crippen molar-refractivity contribution in [3.05, 3.63) is 83.6 Å². The summed E-state index contributed by atoms with van der Waals surface area (Å²) >= 11 is 0. The lowest BCUT2D eigenvalue weighted by Crippen LogP contribution is -2.48. The van der Waals surface area contributed by atoms with E-state index in [0.717, 1.165) is 16.9 Å². The molecule has 4 rings (SSSR count). The van der Waals surface area contributed by atoms with E-state index >= 15 is 0 Å². The Morgan fingerprint density at radius 3 is 2.00 bits per heavy atom. The number of amides is 1. The zero-order chi connectivity index (χ0) is 22.7. The molecule has 1 N–H and O–H groups in total. The number of aryl methyl sites for hydroxylation is 2. The molecule has 0 spiro atoms. The topological polar surface area (TPSA) is 82.6 Å². The highest BCUT2D eigenvalue weighted by Crippen LogP contribution is 2.21. The van der Waals surface area contributed by atoms with Crippen LogP contribution in [0.25, 0.3) is 0 Å². The van der Waals surface area contributed by atoms with Gasteiger partial charge in [0, 0.05) is 31.7 Å². The molecule has 1 saturated heterocycles. The van der Waals surface area contributed by atoms with Gasteiger partial charge in [-0.2, -0.15) is 4.31 Å². The third kappa shape index (κ3) is 4.81. The summed E-state index contributed by atoms with van der Waals surface area (Å²) < 4.78 is 27.3. The van der Waals surface area contributed by atoms with Crippen LogP contribution in [-0.2, 0) is 10.0 Å². The van der Waals surface area contributed by atoms with Crippen molar-refractivity contribution in [2.45, 2.75) is 18.7 Å². The number of piperazine rings is 1. The van der Waals surface area contributed by atoms with Crippen LogP contribution in [0.1, 0.15) is 21.5 Å². The van der Waals surface area contributed by atoms with Crippen LogP contribution in [-0.4, -0.2) is 49.8 Å². The Labute approximate surface area is 188 Å². The molecule has 7 nitrogen and oxygen atoms in total. The average Bonchev–Trinajstić information content (AvgIpc) is 2.80. The van der Waals surface area contributed by atoms with E-state index in [-0.39, 0.29) is 5.91 Å². The first-order valence-electron chi connectivity index (χ1n) is 10.5. The van der Waals surface area contributed by atoms with Crippen LogP contribution in [0.4, 0.5) is 11.5 Å². The molecule has 0 radical (unpaired) electrons. The van der Waals surface area contributed by atoms with Crippen molar-refractivity contribution in [1.82, 2.24) is 9.29 Å². The van der Waals surface area contributed by atoms with Gasteiger partial charge in [-0.05, 0) is 50.2 Å². The van der Waals surface area contributed by atoms with Crippen molar-refractivity contribution >= 4 is 27.4 Å². The standard InChI is InChI=1S/C24H26N4O3S/c1-18-3-7-20(8-4-18)24(29)26-21-9-12-23(25-17-21)27-13-15-28(16-14-27)32(30,31)22-10-5-19(2)6-11-22/h3-12,17H,13-16H2,1-2H3,(H,26,29). The van der Waals surface area contributed by atoms with Crippen molar-refractivity contribution < 1.29 is 13.2 Å². The maximum atomic E-state index is 12.9. The first-order chi connectivity index (χ1) is 15.3. The van der Waals surface area contributed by atoms with Crippen LogP contribution in [0, 0.1) is 13.8 Å². The lowest BCUT2D eigenvalue weighted by Gasteiger charge is -2.34. The number of rotatable bonds is 5. The Hall–Kier alpha value is -3.23. The van der Waals surface area contributed by atoms with Gasteiger partial charge in [0.25, 0.3) is 5.91 Å². The number of carbonyl (C=O) groups is 1. The molecule has 0 unspecified atom stereocenters. The summed E-state index contributed by atoms with van der Waals surface area (Å²) in [5.74, 6) is 0.570. The molecule has 8 heteroatoms. The molecule has 2 heterocycles. The van der Waals surface area contributed by atoms with Gasteiger partial charge < -0.3 is 10.2 Å². The molecule has 1 amide bonds. The highest BCUT2D eigenvalue weighted by molar-refractivity contribution is 7.89. The van der Waals surface area contributed by atoms with Crippen LogP contribution < -0.4 is 10.2 Å². The van der Waals surface area contributed by atoms with Gasteiger partial charge in [-0.15, -0.1) is 0 Å². The fourth-order valence-electron chi connectivity index (χ4n) is 3.57. The second kappa shape index (κ2) is 9.10. The molecule has 166 valence electrons. The number of aromatic nitrogens is 1. The molecule has 1 aliphatic rings. The van der Waals surface area contributed by atoms with Gasteiger partial charge in [0.2, 0.25) is 10.0 Å². The Morgan fingerprint density at radius 2 is 1.44 bits per heavy atom. The van der Waals surface area contributed by atoms with Gasteiger partial charge in [0.05, 0.1) is 16.8 Å². The van der Waals surface area contributed by atoms with Crippen molar-refractivity contribution in [2.75, 3.05) is 36.4 Å². The van der Waals surface area contributed by atoms with Crippen LogP contribution in [0.3, 0.4) is 0 Å². The minimum atomic E-state index is -3.49. The van der Waals surface area contributed by atoms with E-state index in [4.69, 9.17) is 0 Å². The van der Waals surface area contributed by atoms with E-state index in [1.165, 1.54) is 4.31 Å². The zero-order valence-electron chi connectivity index (χ0n) is 18.2. The van der Waals surface area contributed by atoms with Crippen molar-refractivity contribution in [1.29, 1.82) is 0 Å². The molecular weight excluding hydrogens is 424 g/mol. The summed E-state index contributed by atoms with van der Waals surface area (Å²) in [6.45, 7) is 5.79. The fourth-order valence-corrected chi connectivity index (χ4v) is 4.99. The third-order valence-electron chi connectivity index (χ3n) is 5.54. The van der Waals surface area contributed by atoms with Crippen molar-refractivity contribution in [3.63, 3.8) is 0 Å². The Morgan fingerprint density at radius 1 is 0.844 bits per heavy atom. The van der Waals surface area contributed by atoms with E-state index in [2.05, 4.69) is 10.3 Å². The maximum absolute atomic E-state index is 12.9. The first kappa shape index (κ1) is 22.0. The normalized spacial score (nSPS) is 14.9. The number of pyridine rings is 1. The van der Waals surface area contributed by atoms with Crippen molar-refractivity contribution in [2.24, 2.45) is 0 Å². The van der Waals surface area contributed by atoms with Crippen LogP contribution in [0.2, 0.25) is 0 Å². The quantitative estimate of drug-likeness (QED) is 0.644. The number of hydrogen-bond donors (Lipinski definition) is 1. The smallest absolute Gasteiger partial charge is 0.255 e. The molecule has 2 aromatic carbocycles. The molecular formula is C24H26N4O3S. The number of anilines is 2. The number of hydrogen-bond acceptors (Lipinski definition) is 5. The summed E-state index contributed by atoms with van der Waals surface area (Å²) in [6.07, 6.45) is 1.62. The van der Waals surface area contributed by atoms with Crippen molar-refractivity contribution in [3.8, 4) is 0 Å².